The zero-order valence-electron chi connectivity index (χ0n) is 12.1. The monoisotopic (exact) mass is 287 g/mol. The van der Waals surface area contributed by atoms with Crippen molar-refractivity contribution in [3.8, 4) is 0 Å². The molecule has 0 aromatic carbocycles. The molecule has 3 saturated carbocycles. The SMILES string of the molecule is O=C(NCc1nnc2n1CCC2)NC1[C@H]2[C@H]3CC[C@@H](C3)[C@H]12. The second kappa shape index (κ2) is 4.21. The lowest BCUT2D eigenvalue weighted by Gasteiger charge is -2.11. The standard InChI is InChI=1S/C15H21N5O/c21-15(16-7-11-19-18-10-2-1-5-20(10)11)17-14-12-8-3-4-9(6-8)13(12)14/h8-9,12-14H,1-7H2,(H2,16,17,21)/t8-,9-,12-,13-/m0/s1. The van der Waals surface area contributed by atoms with Crippen molar-refractivity contribution in [2.45, 2.75) is 51.2 Å². The van der Waals surface area contributed by atoms with Crippen molar-refractivity contribution in [2.75, 3.05) is 0 Å². The number of urea groups is 1. The molecule has 5 rings (SSSR count). The second-order valence-corrected chi connectivity index (χ2v) is 7.13. The highest BCUT2D eigenvalue weighted by Crippen LogP contribution is 2.65. The van der Waals surface area contributed by atoms with Gasteiger partial charge in [0, 0.05) is 19.0 Å². The molecule has 2 amide bonds. The van der Waals surface area contributed by atoms with E-state index in [2.05, 4.69) is 25.4 Å². The van der Waals surface area contributed by atoms with Crippen molar-refractivity contribution in [1.29, 1.82) is 0 Å². The summed E-state index contributed by atoms with van der Waals surface area (Å²) >= 11 is 0. The van der Waals surface area contributed by atoms with Gasteiger partial charge in [0.05, 0.1) is 6.54 Å². The van der Waals surface area contributed by atoms with Crippen LogP contribution in [0.3, 0.4) is 0 Å². The molecule has 3 fully saturated rings. The van der Waals surface area contributed by atoms with Crippen LogP contribution >= 0.6 is 0 Å². The Labute approximate surface area is 123 Å². The number of aryl methyl sites for hydroxylation is 1. The summed E-state index contributed by atoms with van der Waals surface area (Å²) in [5.74, 6) is 5.29. The predicted molar refractivity (Wildman–Crippen MR) is 75.3 cm³/mol. The zero-order chi connectivity index (χ0) is 14.0. The molecule has 4 atom stereocenters. The van der Waals surface area contributed by atoms with Gasteiger partial charge in [0.1, 0.15) is 5.82 Å². The summed E-state index contributed by atoms with van der Waals surface area (Å²) in [6.45, 7) is 1.46. The lowest BCUT2D eigenvalue weighted by molar-refractivity contribution is 0.237. The summed E-state index contributed by atoms with van der Waals surface area (Å²) in [5, 5.41) is 14.5. The summed E-state index contributed by atoms with van der Waals surface area (Å²) in [4.78, 5) is 12.1. The average molecular weight is 287 g/mol. The molecule has 6 heteroatoms. The van der Waals surface area contributed by atoms with E-state index in [1.807, 2.05) is 0 Å². The van der Waals surface area contributed by atoms with Gasteiger partial charge in [0.25, 0.3) is 0 Å². The maximum atomic E-state index is 12.1. The number of nitrogens with zero attached hydrogens (tertiary/aromatic N) is 3. The fraction of sp³-hybridized carbons (Fsp3) is 0.800. The molecular formula is C15H21N5O. The third-order valence-corrected chi connectivity index (χ3v) is 6.13. The van der Waals surface area contributed by atoms with Crippen LogP contribution in [0.4, 0.5) is 4.79 Å². The minimum atomic E-state index is -0.0378. The number of rotatable bonds is 3. The number of hydrogen-bond donors (Lipinski definition) is 2. The van der Waals surface area contributed by atoms with Crippen molar-refractivity contribution in [3.63, 3.8) is 0 Å². The van der Waals surface area contributed by atoms with E-state index in [1.54, 1.807) is 0 Å². The molecule has 112 valence electrons. The fourth-order valence-corrected chi connectivity index (χ4v) is 5.22. The Balaban J connectivity index is 1.16. The lowest BCUT2D eigenvalue weighted by Crippen LogP contribution is -2.39. The Hall–Kier alpha value is -1.59. The van der Waals surface area contributed by atoms with E-state index in [0.717, 1.165) is 54.7 Å². The molecular weight excluding hydrogens is 266 g/mol. The topological polar surface area (TPSA) is 71.8 Å². The van der Waals surface area contributed by atoms with Gasteiger partial charge < -0.3 is 15.2 Å². The Morgan fingerprint density at radius 3 is 2.86 bits per heavy atom. The van der Waals surface area contributed by atoms with Crippen LogP contribution in [0.25, 0.3) is 0 Å². The highest BCUT2D eigenvalue weighted by molar-refractivity contribution is 5.74. The Kier molecular flexibility index (Phi) is 2.41. The van der Waals surface area contributed by atoms with Gasteiger partial charge in [-0.05, 0) is 49.4 Å². The molecule has 2 heterocycles. The van der Waals surface area contributed by atoms with Crippen molar-refractivity contribution in [2.24, 2.45) is 23.7 Å². The Bertz CT molecular complexity index is 581. The van der Waals surface area contributed by atoms with Gasteiger partial charge in [-0.3, -0.25) is 0 Å². The molecule has 0 unspecified atom stereocenters. The molecule has 1 aromatic heterocycles. The number of amides is 2. The molecule has 2 N–H and O–H groups in total. The number of nitrogens with one attached hydrogen (secondary N) is 2. The first kappa shape index (κ1) is 12.0. The van der Waals surface area contributed by atoms with Crippen molar-refractivity contribution >= 4 is 6.03 Å². The maximum Gasteiger partial charge on any atom is 0.315 e. The summed E-state index contributed by atoms with van der Waals surface area (Å²) in [5.41, 5.74) is 0. The molecule has 3 aliphatic carbocycles. The van der Waals surface area contributed by atoms with Gasteiger partial charge in [0.2, 0.25) is 0 Å². The van der Waals surface area contributed by atoms with E-state index < -0.39 is 0 Å². The summed E-state index contributed by atoms with van der Waals surface area (Å²) in [6.07, 6.45) is 6.34. The zero-order valence-corrected chi connectivity index (χ0v) is 12.1. The molecule has 2 bridgehead atoms. The van der Waals surface area contributed by atoms with E-state index in [0.29, 0.717) is 12.6 Å². The number of fused-ring (bicyclic) bond motifs is 6. The smallest absolute Gasteiger partial charge is 0.315 e. The molecule has 6 nitrogen and oxygen atoms in total. The van der Waals surface area contributed by atoms with Crippen LogP contribution in [-0.2, 0) is 19.5 Å². The van der Waals surface area contributed by atoms with Crippen LogP contribution in [0.1, 0.15) is 37.3 Å². The van der Waals surface area contributed by atoms with Crippen molar-refractivity contribution in [1.82, 2.24) is 25.4 Å². The van der Waals surface area contributed by atoms with Gasteiger partial charge in [-0.1, -0.05) is 0 Å². The van der Waals surface area contributed by atoms with Crippen LogP contribution in [0.15, 0.2) is 0 Å². The van der Waals surface area contributed by atoms with E-state index in [4.69, 9.17) is 0 Å². The first-order valence-corrected chi connectivity index (χ1v) is 8.26. The van der Waals surface area contributed by atoms with Crippen LogP contribution in [0, 0.1) is 23.7 Å². The molecule has 1 aromatic rings. The normalized spacial score (nSPS) is 38.2. The minimum Gasteiger partial charge on any atom is -0.335 e. The third kappa shape index (κ3) is 1.74. The van der Waals surface area contributed by atoms with Crippen LogP contribution < -0.4 is 10.6 Å². The first-order chi connectivity index (χ1) is 10.3. The summed E-state index contributed by atoms with van der Waals surface area (Å²) in [6, 6.07) is 0.407. The molecule has 0 spiro atoms. The first-order valence-electron chi connectivity index (χ1n) is 8.26. The van der Waals surface area contributed by atoms with Gasteiger partial charge in [0.15, 0.2) is 5.82 Å². The molecule has 1 aliphatic heterocycles. The lowest BCUT2D eigenvalue weighted by atomic mass is 10.0. The van der Waals surface area contributed by atoms with Gasteiger partial charge in [-0.15, -0.1) is 10.2 Å². The number of carbonyl (C=O) groups is 1. The van der Waals surface area contributed by atoms with Crippen LogP contribution in [0.5, 0.6) is 0 Å². The summed E-state index contributed by atoms with van der Waals surface area (Å²) in [7, 11) is 0. The minimum absolute atomic E-state index is 0.0378. The number of aromatic nitrogens is 3. The van der Waals surface area contributed by atoms with Gasteiger partial charge in [-0.2, -0.15) is 0 Å². The van der Waals surface area contributed by atoms with Gasteiger partial charge >= 0.3 is 6.03 Å². The van der Waals surface area contributed by atoms with Crippen LogP contribution in [0.2, 0.25) is 0 Å². The van der Waals surface area contributed by atoms with E-state index >= 15 is 0 Å². The number of hydrogen-bond acceptors (Lipinski definition) is 3. The molecule has 4 aliphatic rings. The predicted octanol–water partition coefficient (Wildman–Crippen LogP) is 1.07. The van der Waals surface area contributed by atoms with Gasteiger partial charge in [-0.25, -0.2) is 4.79 Å². The number of carbonyl (C=O) groups excluding carboxylic acids is 1. The van der Waals surface area contributed by atoms with E-state index in [-0.39, 0.29) is 6.03 Å². The highest BCUT2D eigenvalue weighted by Gasteiger charge is 2.65. The maximum absolute atomic E-state index is 12.1. The van der Waals surface area contributed by atoms with Crippen molar-refractivity contribution < 1.29 is 4.79 Å². The quantitative estimate of drug-likeness (QED) is 0.873. The largest absolute Gasteiger partial charge is 0.335 e. The van der Waals surface area contributed by atoms with Crippen LogP contribution in [-0.4, -0.2) is 26.8 Å². The summed E-state index contributed by atoms with van der Waals surface area (Å²) < 4.78 is 2.13. The molecule has 0 radical (unpaired) electrons. The Morgan fingerprint density at radius 2 is 2.05 bits per heavy atom. The van der Waals surface area contributed by atoms with E-state index in [9.17, 15) is 4.79 Å². The van der Waals surface area contributed by atoms with Crippen molar-refractivity contribution in [3.05, 3.63) is 11.6 Å². The molecule has 0 saturated heterocycles. The molecule has 21 heavy (non-hydrogen) atoms. The third-order valence-electron chi connectivity index (χ3n) is 6.13. The highest BCUT2D eigenvalue weighted by atomic mass is 16.2. The van der Waals surface area contributed by atoms with E-state index in [1.165, 1.54) is 19.3 Å². The average Bonchev–Trinajstić information content (AvgIpc) is 3.00. The second-order valence-electron chi connectivity index (χ2n) is 7.13. The fourth-order valence-electron chi connectivity index (χ4n) is 5.22. The Morgan fingerprint density at radius 1 is 1.24 bits per heavy atom.